The van der Waals surface area contributed by atoms with Crippen LogP contribution in [0.5, 0.6) is 0 Å². The highest BCUT2D eigenvalue weighted by molar-refractivity contribution is 7.89. The first kappa shape index (κ1) is 17.8. The zero-order valence-electron chi connectivity index (χ0n) is 12.4. The molecule has 5 nitrogen and oxygen atoms in total. The molecule has 0 aromatic heterocycles. The van der Waals surface area contributed by atoms with Gasteiger partial charge in [0, 0.05) is 19.1 Å². The molecule has 0 fully saturated rings. The number of sulfonamides is 1. The molecular weight excluding hydrogens is 250 g/mol. The first-order valence-corrected chi connectivity index (χ1v) is 8.27. The van der Waals surface area contributed by atoms with Crippen molar-refractivity contribution in [3.63, 3.8) is 0 Å². The largest absolute Gasteiger partial charge is 0.316 e. The van der Waals surface area contributed by atoms with E-state index in [0.717, 1.165) is 19.5 Å². The number of nitrogens with zero attached hydrogens (tertiary/aromatic N) is 1. The molecule has 0 rings (SSSR count). The molecule has 0 spiro atoms. The highest BCUT2D eigenvalue weighted by Crippen LogP contribution is 2.06. The Balaban J connectivity index is 4.35. The first-order chi connectivity index (χ1) is 8.26. The summed E-state index contributed by atoms with van der Waals surface area (Å²) in [5, 5.41) is 3.03. The third kappa shape index (κ3) is 9.82. The Kier molecular flexibility index (Phi) is 8.77. The Morgan fingerprint density at radius 3 is 2.28 bits per heavy atom. The molecule has 0 aromatic rings. The van der Waals surface area contributed by atoms with Crippen LogP contribution in [0.1, 0.15) is 27.2 Å². The van der Waals surface area contributed by atoms with Gasteiger partial charge in [0.25, 0.3) is 0 Å². The molecule has 0 radical (unpaired) electrons. The summed E-state index contributed by atoms with van der Waals surface area (Å²) in [5.41, 5.74) is 0. The summed E-state index contributed by atoms with van der Waals surface area (Å²) in [7, 11) is 0.734. The van der Waals surface area contributed by atoms with Gasteiger partial charge >= 0.3 is 0 Å². The molecule has 0 saturated heterocycles. The Hall–Kier alpha value is -0.170. The van der Waals surface area contributed by atoms with E-state index < -0.39 is 10.0 Å². The van der Waals surface area contributed by atoms with Gasteiger partial charge in [-0.1, -0.05) is 20.8 Å². The van der Waals surface area contributed by atoms with E-state index in [0.29, 0.717) is 12.5 Å². The fourth-order valence-electron chi connectivity index (χ4n) is 1.87. The van der Waals surface area contributed by atoms with E-state index in [1.807, 2.05) is 25.9 Å². The van der Waals surface area contributed by atoms with Gasteiger partial charge in [0.1, 0.15) is 0 Å². The Morgan fingerprint density at radius 2 is 1.83 bits per heavy atom. The third-order valence-corrected chi connectivity index (χ3v) is 3.92. The highest BCUT2D eigenvalue weighted by Gasteiger charge is 2.19. The topological polar surface area (TPSA) is 61.4 Å². The van der Waals surface area contributed by atoms with Crippen molar-refractivity contribution in [1.29, 1.82) is 0 Å². The number of likely N-dealkylation sites (N-methyl/N-ethyl adjacent to an activating group) is 1. The predicted octanol–water partition coefficient (Wildman–Crippen LogP) is 0.492. The van der Waals surface area contributed by atoms with Crippen LogP contribution in [-0.2, 0) is 10.0 Å². The normalized spacial score (nSPS) is 14.4. The van der Waals surface area contributed by atoms with E-state index in [9.17, 15) is 8.42 Å². The molecule has 0 amide bonds. The SMILES string of the molecule is CCNCCS(=O)(=O)NC(CC(C)C)CN(C)C. The predicted molar refractivity (Wildman–Crippen MR) is 77.3 cm³/mol. The van der Waals surface area contributed by atoms with Crippen LogP contribution in [0.2, 0.25) is 0 Å². The van der Waals surface area contributed by atoms with E-state index in [4.69, 9.17) is 0 Å². The second-order valence-corrected chi connectivity index (χ2v) is 7.25. The van der Waals surface area contributed by atoms with E-state index in [2.05, 4.69) is 23.9 Å². The van der Waals surface area contributed by atoms with Crippen molar-refractivity contribution >= 4 is 10.0 Å². The molecular formula is C12H29N3O2S. The average Bonchev–Trinajstić information content (AvgIpc) is 2.14. The fraction of sp³-hybridized carbons (Fsp3) is 1.00. The van der Waals surface area contributed by atoms with Crippen LogP contribution in [0.4, 0.5) is 0 Å². The summed E-state index contributed by atoms with van der Waals surface area (Å²) < 4.78 is 26.6. The summed E-state index contributed by atoms with van der Waals surface area (Å²) in [6.45, 7) is 8.21. The molecule has 18 heavy (non-hydrogen) atoms. The molecule has 6 heteroatoms. The van der Waals surface area contributed by atoms with Crippen molar-refractivity contribution in [3.05, 3.63) is 0 Å². The maximum atomic E-state index is 11.9. The van der Waals surface area contributed by atoms with Crippen LogP contribution >= 0.6 is 0 Å². The van der Waals surface area contributed by atoms with Crippen LogP contribution in [0, 0.1) is 5.92 Å². The molecule has 0 bridgehead atoms. The molecule has 0 aromatic carbocycles. The summed E-state index contributed by atoms with van der Waals surface area (Å²) in [6.07, 6.45) is 0.860. The van der Waals surface area contributed by atoms with Gasteiger partial charge in [0.05, 0.1) is 5.75 Å². The van der Waals surface area contributed by atoms with Gasteiger partial charge in [-0.15, -0.1) is 0 Å². The number of hydrogen-bond donors (Lipinski definition) is 2. The quantitative estimate of drug-likeness (QED) is 0.572. The minimum absolute atomic E-state index is 0.00775. The van der Waals surface area contributed by atoms with E-state index >= 15 is 0 Å². The summed E-state index contributed by atoms with van der Waals surface area (Å²) in [4.78, 5) is 2.01. The van der Waals surface area contributed by atoms with Gasteiger partial charge in [-0.3, -0.25) is 0 Å². The molecule has 0 heterocycles. The van der Waals surface area contributed by atoms with E-state index in [1.54, 1.807) is 0 Å². The summed E-state index contributed by atoms with van der Waals surface area (Å²) >= 11 is 0. The fourth-order valence-corrected chi connectivity index (χ4v) is 3.08. The van der Waals surface area contributed by atoms with Gasteiger partial charge in [0.2, 0.25) is 10.0 Å². The average molecular weight is 279 g/mol. The Labute approximate surface area is 112 Å². The molecule has 1 unspecified atom stereocenters. The van der Waals surface area contributed by atoms with Crippen molar-refractivity contribution in [1.82, 2.24) is 14.9 Å². The monoisotopic (exact) mass is 279 g/mol. The summed E-state index contributed by atoms with van der Waals surface area (Å²) in [5.74, 6) is 0.620. The zero-order valence-corrected chi connectivity index (χ0v) is 13.2. The molecule has 0 aliphatic heterocycles. The zero-order chi connectivity index (χ0) is 14.2. The standard InChI is InChI=1S/C12H29N3O2S/c1-6-13-7-8-18(16,17)14-12(9-11(2)3)10-15(4)5/h11-14H,6-10H2,1-5H3. The molecule has 2 N–H and O–H groups in total. The smallest absolute Gasteiger partial charge is 0.213 e. The van der Waals surface area contributed by atoms with Gasteiger partial charge < -0.3 is 10.2 Å². The second-order valence-electron chi connectivity index (χ2n) is 5.38. The van der Waals surface area contributed by atoms with Crippen LogP contribution in [0.25, 0.3) is 0 Å². The minimum Gasteiger partial charge on any atom is -0.316 e. The number of hydrogen-bond acceptors (Lipinski definition) is 4. The maximum absolute atomic E-state index is 11.9. The van der Waals surface area contributed by atoms with Crippen LogP contribution in [-0.4, -0.2) is 58.8 Å². The minimum atomic E-state index is -3.18. The third-order valence-electron chi connectivity index (χ3n) is 2.49. The van der Waals surface area contributed by atoms with Crippen molar-refractivity contribution in [3.8, 4) is 0 Å². The van der Waals surface area contributed by atoms with Crippen molar-refractivity contribution < 1.29 is 8.42 Å². The van der Waals surface area contributed by atoms with Gasteiger partial charge in [-0.05, 0) is 33.0 Å². The lowest BCUT2D eigenvalue weighted by molar-refractivity contribution is 0.329. The molecule has 0 saturated carbocycles. The molecule has 110 valence electrons. The summed E-state index contributed by atoms with van der Waals surface area (Å²) in [6, 6.07) is -0.00775. The number of nitrogens with one attached hydrogen (secondary N) is 2. The van der Waals surface area contributed by atoms with Gasteiger partial charge in [0.15, 0.2) is 0 Å². The lowest BCUT2D eigenvalue weighted by Crippen LogP contribution is -2.44. The van der Waals surface area contributed by atoms with Crippen molar-refractivity contribution in [2.75, 3.05) is 39.5 Å². The highest BCUT2D eigenvalue weighted by atomic mass is 32.2. The Bertz CT molecular complexity index is 292. The lowest BCUT2D eigenvalue weighted by Gasteiger charge is -2.23. The van der Waals surface area contributed by atoms with Gasteiger partial charge in [-0.25, -0.2) is 13.1 Å². The molecule has 0 aliphatic rings. The Morgan fingerprint density at radius 1 is 1.22 bits per heavy atom. The van der Waals surface area contributed by atoms with Crippen molar-refractivity contribution in [2.45, 2.75) is 33.2 Å². The van der Waals surface area contributed by atoms with Gasteiger partial charge in [-0.2, -0.15) is 0 Å². The van der Waals surface area contributed by atoms with Crippen LogP contribution in [0.15, 0.2) is 0 Å². The second kappa shape index (κ2) is 8.85. The number of rotatable bonds is 10. The maximum Gasteiger partial charge on any atom is 0.213 e. The lowest BCUT2D eigenvalue weighted by atomic mass is 10.0. The first-order valence-electron chi connectivity index (χ1n) is 6.62. The molecule has 1 atom stereocenters. The van der Waals surface area contributed by atoms with Crippen molar-refractivity contribution in [2.24, 2.45) is 5.92 Å². The van der Waals surface area contributed by atoms with E-state index in [-0.39, 0.29) is 11.8 Å². The van der Waals surface area contributed by atoms with E-state index in [1.165, 1.54) is 0 Å². The van der Waals surface area contributed by atoms with Crippen LogP contribution < -0.4 is 10.0 Å². The molecule has 0 aliphatic carbocycles. The van der Waals surface area contributed by atoms with Crippen LogP contribution in [0.3, 0.4) is 0 Å².